The van der Waals surface area contributed by atoms with Crippen molar-refractivity contribution in [1.29, 1.82) is 0 Å². The summed E-state index contributed by atoms with van der Waals surface area (Å²) in [5.41, 5.74) is 17.2. The van der Waals surface area contributed by atoms with Gasteiger partial charge in [0.1, 0.15) is 5.58 Å². The van der Waals surface area contributed by atoms with Crippen LogP contribution in [-0.4, -0.2) is 32.6 Å². The monoisotopic (exact) mass is 1130 g/mol. The van der Waals surface area contributed by atoms with Crippen LogP contribution in [0.25, 0.3) is 94.9 Å². The standard InChI is InChI=1S/C50H43N4O.C14H16NSi.Ir/c1-30(2)42-26-38(34-16-11-8-12-17-34)27-43(31(3)4)46(42)54-49(53-48-50(54)52-44(29-51-48)32(5)6)41-19-13-18-40-39-25-24-37(28-45(39)55-47(40)41)36-22-20-35(21-23-36)33-14-9-7-10-15-33;1-16(2,3)13-9-10-14(15-11-13)12-7-5-4-6-8-12;/h7-18,20-32H,1-6H3;4-7,9-11H,1-3H3;/q2*-1;. The summed E-state index contributed by atoms with van der Waals surface area (Å²) >= 11 is 0. The van der Waals surface area contributed by atoms with Gasteiger partial charge in [-0.3, -0.25) is 4.98 Å². The smallest absolute Gasteiger partial charge is 0.188 e. The fourth-order valence-corrected chi connectivity index (χ4v) is 10.3. The number of pyridine rings is 1. The van der Waals surface area contributed by atoms with Gasteiger partial charge in [-0.15, -0.1) is 54.1 Å². The van der Waals surface area contributed by atoms with Crippen LogP contribution < -0.4 is 5.19 Å². The average Bonchev–Trinajstić information content (AvgIpc) is 3.97. The number of nitrogens with zero attached hydrogens (tertiary/aromatic N) is 5. The van der Waals surface area contributed by atoms with E-state index >= 15 is 0 Å². The third kappa shape index (κ3) is 10.0. The van der Waals surface area contributed by atoms with E-state index in [2.05, 4.69) is 210 Å². The molecule has 0 aliphatic carbocycles. The van der Waals surface area contributed by atoms with Crippen LogP contribution in [0, 0.1) is 12.1 Å². The molecule has 4 heterocycles. The molecule has 0 spiro atoms. The number of benzene rings is 7. The quantitative estimate of drug-likeness (QED) is 0.101. The van der Waals surface area contributed by atoms with E-state index in [1.54, 1.807) is 0 Å². The van der Waals surface area contributed by atoms with Crippen molar-refractivity contribution in [2.24, 2.45) is 0 Å². The number of hydrogen-bond acceptors (Lipinski definition) is 5. The molecule has 0 saturated carbocycles. The second-order valence-electron chi connectivity index (χ2n) is 20.4. The summed E-state index contributed by atoms with van der Waals surface area (Å²) in [7, 11) is -1.23. The maximum absolute atomic E-state index is 6.85. The summed E-state index contributed by atoms with van der Waals surface area (Å²) in [5.74, 6) is 1.35. The molecular weight excluding hydrogens is 1080 g/mol. The van der Waals surface area contributed by atoms with Crippen molar-refractivity contribution in [2.75, 3.05) is 0 Å². The van der Waals surface area contributed by atoms with Crippen LogP contribution in [0.4, 0.5) is 0 Å². The van der Waals surface area contributed by atoms with Crippen LogP contribution in [0.1, 0.15) is 76.1 Å². The Morgan fingerprint density at radius 3 is 1.72 bits per heavy atom. The molecule has 0 bridgehead atoms. The molecule has 7 aromatic carbocycles. The van der Waals surface area contributed by atoms with Gasteiger partial charge in [0.25, 0.3) is 0 Å². The summed E-state index contributed by atoms with van der Waals surface area (Å²) in [6, 6.07) is 64.1. The van der Waals surface area contributed by atoms with Crippen molar-refractivity contribution < 1.29 is 24.5 Å². The van der Waals surface area contributed by atoms with Crippen molar-refractivity contribution in [2.45, 2.75) is 78.9 Å². The molecule has 361 valence electrons. The molecule has 11 aromatic rings. The molecule has 6 nitrogen and oxygen atoms in total. The summed E-state index contributed by atoms with van der Waals surface area (Å²) in [6.45, 7) is 20.4. The molecular formula is C64H59IrN5OSi-2. The zero-order valence-corrected chi connectivity index (χ0v) is 45.8. The van der Waals surface area contributed by atoms with Crippen molar-refractivity contribution in [3.63, 3.8) is 0 Å². The van der Waals surface area contributed by atoms with Crippen LogP contribution in [0.15, 0.2) is 181 Å². The SMILES string of the molecule is CC(C)c1cnc2nc(-c3[c-]ccc4c3oc3cc(-c5ccc(-c6ccccc6)cc5)ccc34)n(-c3c(C(C)C)cc(-c4ccccc4)cc3C(C)C)c2n1.C[Si](C)(C)c1ccc(-c2[c-]cccc2)nc1.[Ir]. The van der Waals surface area contributed by atoms with E-state index in [9.17, 15) is 0 Å². The van der Waals surface area contributed by atoms with Crippen molar-refractivity contribution >= 4 is 46.5 Å². The molecule has 11 rings (SSSR count). The molecule has 0 N–H and O–H groups in total. The number of aromatic nitrogens is 5. The van der Waals surface area contributed by atoms with Gasteiger partial charge in [-0.1, -0.05) is 181 Å². The first-order valence-corrected chi connectivity index (χ1v) is 28.3. The van der Waals surface area contributed by atoms with Crippen LogP contribution in [0.2, 0.25) is 19.6 Å². The Kier molecular flexibility index (Phi) is 14.5. The van der Waals surface area contributed by atoms with Crippen molar-refractivity contribution in [3.8, 4) is 61.7 Å². The van der Waals surface area contributed by atoms with E-state index in [0.717, 1.165) is 66.9 Å². The van der Waals surface area contributed by atoms with Crippen LogP contribution >= 0.6 is 0 Å². The summed E-state index contributed by atoms with van der Waals surface area (Å²) in [4.78, 5) is 19.9. The van der Waals surface area contributed by atoms with Crippen LogP contribution in [0.3, 0.4) is 0 Å². The molecule has 0 amide bonds. The van der Waals surface area contributed by atoms with E-state index < -0.39 is 8.07 Å². The summed E-state index contributed by atoms with van der Waals surface area (Å²) in [5, 5.41) is 3.46. The summed E-state index contributed by atoms with van der Waals surface area (Å²) in [6.07, 6.45) is 3.88. The number of imidazole rings is 1. The largest absolute Gasteiger partial charge is 0.501 e. The zero-order valence-electron chi connectivity index (χ0n) is 42.5. The third-order valence-electron chi connectivity index (χ3n) is 13.3. The Morgan fingerprint density at radius 1 is 0.528 bits per heavy atom. The van der Waals surface area contributed by atoms with Crippen LogP contribution in [-0.2, 0) is 20.1 Å². The Hall–Kier alpha value is -7.09. The molecule has 0 aliphatic heterocycles. The fourth-order valence-electron chi connectivity index (χ4n) is 9.26. The molecule has 72 heavy (non-hydrogen) atoms. The minimum absolute atomic E-state index is 0. The Balaban J connectivity index is 0.000000321. The molecule has 4 aromatic heterocycles. The van der Waals surface area contributed by atoms with Gasteiger partial charge in [0.05, 0.1) is 31.4 Å². The second kappa shape index (κ2) is 20.9. The number of hydrogen-bond donors (Lipinski definition) is 0. The molecule has 0 aliphatic rings. The van der Waals surface area contributed by atoms with Gasteiger partial charge >= 0.3 is 0 Å². The summed E-state index contributed by atoms with van der Waals surface area (Å²) < 4.78 is 9.09. The number of fused-ring (bicyclic) bond motifs is 4. The van der Waals surface area contributed by atoms with Gasteiger partial charge in [-0.25, -0.2) is 9.97 Å². The van der Waals surface area contributed by atoms with Crippen molar-refractivity contribution in [1.82, 2.24) is 24.5 Å². The Morgan fingerprint density at radius 2 is 1.14 bits per heavy atom. The van der Waals surface area contributed by atoms with Gasteiger partial charge in [0.15, 0.2) is 11.3 Å². The number of rotatable bonds is 10. The van der Waals surface area contributed by atoms with Crippen LogP contribution in [0.5, 0.6) is 0 Å². The minimum Gasteiger partial charge on any atom is -0.501 e. The zero-order chi connectivity index (χ0) is 49.4. The van der Waals surface area contributed by atoms with Gasteiger partial charge < -0.3 is 14.0 Å². The molecule has 0 atom stereocenters. The molecule has 0 saturated heterocycles. The van der Waals surface area contributed by atoms with E-state index in [1.807, 2.05) is 48.8 Å². The first-order valence-electron chi connectivity index (χ1n) is 24.8. The van der Waals surface area contributed by atoms with Crippen molar-refractivity contribution in [3.05, 3.63) is 205 Å². The molecule has 8 heteroatoms. The van der Waals surface area contributed by atoms with E-state index in [4.69, 9.17) is 19.4 Å². The topological polar surface area (TPSA) is 69.6 Å². The molecule has 0 unspecified atom stereocenters. The van der Waals surface area contributed by atoms with Gasteiger partial charge in [-0.05, 0) is 91.3 Å². The van der Waals surface area contributed by atoms with E-state index in [-0.39, 0.29) is 37.9 Å². The maximum Gasteiger partial charge on any atom is 0.188 e. The predicted octanol–water partition coefficient (Wildman–Crippen LogP) is 16.6. The average molecular weight is 1130 g/mol. The fraction of sp³-hybridized carbons (Fsp3) is 0.188. The Labute approximate surface area is 438 Å². The first-order chi connectivity index (χ1) is 34.3. The maximum atomic E-state index is 6.85. The first kappa shape index (κ1) is 49.9. The normalized spacial score (nSPS) is 11.7. The minimum atomic E-state index is -1.23. The number of furan rings is 1. The molecule has 0 fully saturated rings. The molecule has 1 radical (unpaired) electrons. The predicted molar refractivity (Wildman–Crippen MR) is 298 cm³/mol. The van der Waals surface area contributed by atoms with Gasteiger partial charge in [0, 0.05) is 37.4 Å². The second-order valence-corrected chi connectivity index (χ2v) is 25.4. The Bertz CT molecular complexity index is 3610. The van der Waals surface area contributed by atoms with E-state index in [1.165, 1.54) is 38.6 Å². The van der Waals surface area contributed by atoms with E-state index in [0.29, 0.717) is 11.5 Å². The van der Waals surface area contributed by atoms with Gasteiger partial charge in [-0.2, -0.15) is 0 Å². The van der Waals surface area contributed by atoms with Gasteiger partial charge in [0.2, 0.25) is 0 Å². The third-order valence-corrected chi connectivity index (χ3v) is 15.3.